The first-order chi connectivity index (χ1) is 7.65. The lowest BCUT2D eigenvalue weighted by Crippen LogP contribution is -1.98. The van der Waals surface area contributed by atoms with Gasteiger partial charge in [0.2, 0.25) is 0 Å². The van der Waals surface area contributed by atoms with E-state index in [0.717, 1.165) is 20.1 Å². The van der Waals surface area contributed by atoms with Crippen molar-refractivity contribution in [1.82, 2.24) is 0 Å². The molecule has 0 unspecified atom stereocenters. The Hall–Kier alpha value is -1.30. The molecule has 3 nitrogen and oxygen atoms in total. The summed E-state index contributed by atoms with van der Waals surface area (Å²) in [5.41, 5.74) is 0.318. The number of fused-ring (bicyclic) bond motifs is 1. The van der Waals surface area contributed by atoms with E-state index in [9.17, 15) is 4.79 Å². The standard InChI is InChI=1S/C12H9IO3/c1-16-10-6-5-7-8(11(10)13)3-2-4-9(7)12(14)15/h2-6H,1H3,(H,14,15). The highest BCUT2D eigenvalue weighted by Gasteiger charge is 2.11. The SMILES string of the molecule is COc1ccc2c(C(=O)O)cccc2c1I. The molecule has 4 heteroatoms. The third kappa shape index (κ3) is 1.73. The number of carboxylic acid groups (broad SMARTS) is 1. The summed E-state index contributed by atoms with van der Waals surface area (Å²) in [7, 11) is 1.60. The predicted octanol–water partition coefficient (Wildman–Crippen LogP) is 3.15. The zero-order valence-electron chi connectivity index (χ0n) is 8.53. The maximum absolute atomic E-state index is 11.0. The Labute approximate surface area is 106 Å². The van der Waals surface area contributed by atoms with Crippen molar-refractivity contribution in [3.8, 4) is 5.75 Å². The zero-order chi connectivity index (χ0) is 11.7. The minimum atomic E-state index is -0.911. The maximum Gasteiger partial charge on any atom is 0.336 e. The summed E-state index contributed by atoms with van der Waals surface area (Å²) < 4.78 is 6.13. The molecule has 0 aliphatic rings. The lowest BCUT2D eigenvalue weighted by Gasteiger charge is -2.08. The van der Waals surface area contributed by atoms with E-state index in [2.05, 4.69) is 22.6 Å². The van der Waals surface area contributed by atoms with Crippen LogP contribution in [0.3, 0.4) is 0 Å². The third-order valence-electron chi connectivity index (χ3n) is 2.41. The van der Waals surface area contributed by atoms with E-state index < -0.39 is 5.97 Å². The molecule has 0 spiro atoms. The Morgan fingerprint density at radius 2 is 2.00 bits per heavy atom. The highest BCUT2D eigenvalue weighted by Crippen LogP contribution is 2.30. The van der Waals surface area contributed by atoms with Crippen molar-refractivity contribution < 1.29 is 14.6 Å². The fourth-order valence-electron chi connectivity index (χ4n) is 1.65. The molecule has 2 rings (SSSR count). The van der Waals surface area contributed by atoms with Crippen LogP contribution in [0.25, 0.3) is 10.8 Å². The van der Waals surface area contributed by atoms with Crippen LogP contribution in [0.2, 0.25) is 0 Å². The number of halogens is 1. The Morgan fingerprint density at radius 1 is 1.25 bits per heavy atom. The summed E-state index contributed by atoms with van der Waals surface area (Å²) in [4.78, 5) is 11.0. The molecule has 2 aromatic rings. The van der Waals surface area contributed by atoms with Crippen molar-refractivity contribution in [2.45, 2.75) is 0 Å². The van der Waals surface area contributed by atoms with Gasteiger partial charge in [0.05, 0.1) is 16.2 Å². The van der Waals surface area contributed by atoms with Gasteiger partial charge in [-0.2, -0.15) is 0 Å². The van der Waals surface area contributed by atoms with E-state index in [1.807, 2.05) is 6.07 Å². The lowest BCUT2D eigenvalue weighted by molar-refractivity contribution is 0.0699. The summed E-state index contributed by atoms with van der Waals surface area (Å²) in [5.74, 6) is -0.151. The van der Waals surface area contributed by atoms with Crippen molar-refractivity contribution in [1.29, 1.82) is 0 Å². The number of carbonyl (C=O) groups is 1. The molecule has 0 aliphatic heterocycles. The molecule has 0 saturated carbocycles. The van der Waals surface area contributed by atoms with E-state index in [4.69, 9.17) is 9.84 Å². The number of hydrogen-bond acceptors (Lipinski definition) is 2. The van der Waals surface area contributed by atoms with Crippen molar-refractivity contribution in [2.75, 3.05) is 7.11 Å². The quantitative estimate of drug-likeness (QED) is 0.862. The average molecular weight is 328 g/mol. The van der Waals surface area contributed by atoms with Gasteiger partial charge in [-0.25, -0.2) is 4.79 Å². The molecule has 1 N–H and O–H groups in total. The minimum Gasteiger partial charge on any atom is -0.496 e. The molecule has 0 bridgehead atoms. The highest BCUT2D eigenvalue weighted by molar-refractivity contribution is 14.1. The maximum atomic E-state index is 11.0. The number of carboxylic acids is 1. The number of methoxy groups -OCH3 is 1. The van der Waals surface area contributed by atoms with Gasteiger partial charge in [0.15, 0.2) is 0 Å². The van der Waals surface area contributed by atoms with Crippen molar-refractivity contribution in [3.05, 3.63) is 39.5 Å². The van der Waals surface area contributed by atoms with Crippen LogP contribution in [0.15, 0.2) is 30.3 Å². The smallest absolute Gasteiger partial charge is 0.336 e. The summed E-state index contributed by atoms with van der Waals surface area (Å²) in [6.45, 7) is 0. The van der Waals surface area contributed by atoms with Gasteiger partial charge in [0.1, 0.15) is 5.75 Å². The van der Waals surface area contributed by atoms with Crippen LogP contribution in [0.1, 0.15) is 10.4 Å². The molecule has 2 aromatic carbocycles. The van der Waals surface area contributed by atoms with Gasteiger partial charge in [-0.15, -0.1) is 0 Å². The predicted molar refractivity (Wildman–Crippen MR) is 70.2 cm³/mol. The first-order valence-electron chi connectivity index (χ1n) is 4.63. The fourth-order valence-corrected chi connectivity index (χ4v) is 2.52. The number of hydrogen-bond donors (Lipinski definition) is 1. The first kappa shape index (κ1) is 11.2. The second kappa shape index (κ2) is 4.29. The van der Waals surface area contributed by atoms with Gasteiger partial charge < -0.3 is 9.84 Å². The lowest BCUT2D eigenvalue weighted by atomic mass is 10.0. The first-order valence-corrected chi connectivity index (χ1v) is 5.71. The van der Waals surface area contributed by atoms with E-state index >= 15 is 0 Å². The summed E-state index contributed by atoms with van der Waals surface area (Å²) in [5, 5.41) is 10.7. The topological polar surface area (TPSA) is 46.5 Å². The molecule has 0 aliphatic carbocycles. The van der Waals surface area contributed by atoms with Gasteiger partial charge >= 0.3 is 5.97 Å². The van der Waals surface area contributed by atoms with Crippen LogP contribution in [-0.2, 0) is 0 Å². The Balaban J connectivity index is 2.82. The van der Waals surface area contributed by atoms with E-state index in [-0.39, 0.29) is 0 Å². The minimum absolute atomic E-state index is 0.318. The Bertz CT molecular complexity index is 563. The highest BCUT2D eigenvalue weighted by atomic mass is 127. The van der Waals surface area contributed by atoms with Crippen LogP contribution in [-0.4, -0.2) is 18.2 Å². The second-order valence-electron chi connectivity index (χ2n) is 3.29. The van der Waals surface area contributed by atoms with Crippen LogP contribution < -0.4 is 4.74 Å². The third-order valence-corrected chi connectivity index (χ3v) is 3.52. The van der Waals surface area contributed by atoms with E-state index in [1.165, 1.54) is 0 Å². The van der Waals surface area contributed by atoms with Gasteiger partial charge in [-0.1, -0.05) is 12.1 Å². The van der Waals surface area contributed by atoms with Crippen LogP contribution in [0, 0.1) is 3.57 Å². The Kier molecular flexibility index (Phi) is 3.00. The van der Waals surface area contributed by atoms with Gasteiger partial charge in [0, 0.05) is 0 Å². The normalized spacial score (nSPS) is 10.4. The van der Waals surface area contributed by atoms with Gasteiger partial charge in [-0.05, 0) is 51.6 Å². The summed E-state index contributed by atoms with van der Waals surface area (Å²) in [6.07, 6.45) is 0. The molecule has 82 valence electrons. The zero-order valence-corrected chi connectivity index (χ0v) is 10.7. The average Bonchev–Trinajstić information content (AvgIpc) is 2.29. The van der Waals surface area contributed by atoms with Crippen LogP contribution >= 0.6 is 22.6 Å². The number of rotatable bonds is 2. The second-order valence-corrected chi connectivity index (χ2v) is 4.37. The van der Waals surface area contributed by atoms with Crippen LogP contribution in [0.4, 0.5) is 0 Å². The largest absolute Gasteiger partial charge is 0.496 e. The van der Waals surface area contributed by atoms with Gasteiger partial charge in [0.25, 0.3) is 0 Å². The number of benzene rings is 2. The molecule has 0 fully saturated rings. The molecule has 0 radical (unpaired) electrons. The molecule has 0 aromatic heterocycles. The van der Waals surface area contributed by atoms with E-state index in [0.29, 0.717) is 5.56 Å². The molecular formula is C12H9IO3. The van der Waals surface area contributed by atoms with Crippen molar-refractivity contribution in [2.24, 2.45) is 0 Å². The molecule has 0 amide bonds. The van der Waals surface area contributed by atoms with Crippen molar-refractivity contribution in [3.63, 3.8) is 0 Å². The monoisotopic (exact) mass is 328 g/mol. The van der Waals surface area contributed by atoms with Crippen LogP contribution in [0.5, 0.6) is 5.75 Å². The fraction of sp³-hybridized carbons (Fsp3) is 0.0833. The number of ether oxygens (including phenoxy) is 1. The molecule has 16 heavy (non-hydrogen) atoms. The summed E-state index contributed by atoms with van der Waals surface area (Å²) in [6, 6.07) is 8.81. The molecule has 0 atom stereocenters. The van der Waals surface area contributed by atoms with E-state index in [1.54, 1.807) is 31.4 Å². The van der Waals surface area contributed by atoms with Gasteiger partial charge in [-0.3, -0.25) is 0 Å². The molecular weight excluding hydrogens is 319 g/mol. The molecule has 0 heterocycles. The summed E-state index contributed by atoms with van der Waals surface area (Å²) >= 11 is 2.16. The Morgan fingerprint density at radius 3 is 2.62 bits per heavy atom. The number of aromatic carboxylic acids is 1. The van der Waals surface area contributed by atoms with Crippen molar-refractivity contribution >= 4 is 39.3 Å². The molecule has 0 saturated heterocycles.